The SMILES string of the molecule is Cl.FC[C@@H](c1ccc(F)cc1C(F)(F)F)N1CCNCC1. The highest BCUT2D eigenvalue weighted by Crippen LogP contribution is 2.37. The Labute approximate surface area is 125 Å². The van der Waals surface area contributed by atoms with E-state index in [1.165, 1.54) is 0 Å². The lowest BCUT2D eigenvalue weighted by atomic mass is 9.98. The van der Waals surface area contributed by atoms with Gasteiger partial charge in [-0.3, -0.25) is 4.90 Å². The van der Waals surface area contributed by atoms with E-state index in [1.807, 2.05) is 0 Å². The summed E-state index contributed by atoms with van der Waals surface area (Å²) in [6.07, 6.45) is -4.70. The van der Waals surface area contributed by atoms with Crippen LogP contribution in [-0.4, -0.2) is 37.8 Å². The average molecular weight is 331 g/mol. The highest BCUT2D eigenvalue weighted by atomic mass is 35.5. The molecule has 1 fully saturated rings. The summed E-state index contributed by atoms with van der Waals surface area (Å²) in [6.45, 7) is 1.18. The minimum absolute atomic E-state index is 0. The van der Waals surface area contributed by atoms with Gasteiger partial charge < -0.3 is 5.32 Å². The zero-order valence-corrected chi connectivity index (χ0v) is 11.9. The van der Waals surface area contributed by atoms with Gasteiger partial charge >= 0.3 is 6.18 Å². The number of halogens is 6. The Morgan fingerprint density at radius 2 is 1.81 bits per heavy atom. The molecule has 1 aliphatic rings. The molecule has 2 nitrogen and oxygen atoms in total. The summed E-state index contributed by atoms with van der Waals surface area (Å²) in [5.74, 6) is -0.973. The smallest absolute Gasteiger partial charge is 0.314 e. The summed E-state index contributed by atoms with van der Waals surface area (Å²) in [5, 5.41) is 3.05. The number of piperazine rings is 1. The third kappa shape index (κ3) is 4.28. The van der Waals surface area contributed by atoms with Crippen LogP contribution in [0.1, 0.15) is 17.2 Å². The van der Waals surface area contributed by atoms with Crippen molar-refractivity contribution >= 4 is 12.4 Å². The summed E-state index contributed by atoms with van der Waals surface area (Å²) < 4.78 is 65.3. The molecule has 2 rings (SSSR count). The minimum Gasteiger partial charge on any atom is -0.314 e. The monoisotopic (exact) mass is 330 g/mol. The van der Waals surface area contributed by atoms with E-state index in [9.17, 15) is 22.0 Å². The Morgan fingerprint density at radius 3 is 2.33 bits per heavy atom. The van der Waals surface area contributed by atoms with Crippen molar-refractivity contribution in [1.29, 1.82) is 0 Å². The van der Waals surface area contributed by atoms with Crippen molar-refractivity contribution in [3.63, 3.8) is 0 Å². The standard InChI is InChI=1S/C13H15F5N2.ClH/c14-8-12(20-5-3-19-4-6-20)10-2-1-9(15)7-11(10)13(16,17)18;/h1-2,7,12,19H,3-6,8H2;1H/t12-;/m0./s1. The van der Waals surface area contributed by atoms with Gasteiger partial charge in [0.15, 0.2) is 0 Å². The molecule has 1 aromatic rings. The molecule has 1 heterocycles. The second-order valence-electron chi connectivity index (χ2n) is 4.69. The first-order valence-corrected chi connectivity index (χ1v) is 6.31. The highest BCUT2D eigenvalue weighted by molar-refractivity contribution is 5.85. The Morgan fingerprint density at radius 1 is 1.19 bits per heavy atom. The van der Waals surface area contributed by atoms with E-state index in [2.05, 4.69) is 5.32 Å². The van der Waals surface area contributed by atoms with Crippen molar-refractivity contribution in [2.45, 2.75) is 12.2 Å². The predicted octanol–water partition coefficient (Wildman–Crippen LogP) is 3.18. The fourth-order valence-corrected chi connectivity index (χ4v) is 2.44. The molecule has 1 N–H and O–H groups in total. The molecule has 0 unspecified atom stereocenters. The van der Waals surface area contributed by atoms with Crippen molar-refractivity contribution in [1.82, 2.24) is 10.2 Å². The van der Waals surface area contributed by atoms with Gasteiger partial charge in [-0.2, -0.15) is 13.2 Å². The van der Waals surface area contributed by atoms with Crippen molar-refractivity contribution in [2.24, 2.45) is 0 Å². The topological polar surface area (TPSA) is 15.3 Å². The second-order valence-corrected chi connectivity index (χ2v) is 4.69. The number of nitrogens with zero attached hydrogens (tertiary/aromatic N) is 1. The molecule has 1 aromatic carbocycles. The third-order valence-electron chi connectivity index (χ3n) is 3.42. The Balaban J connectivity index is 0.00000220. The van der Waals surface area contributed by atoms with Gasteiger partial charge in [0.2, 0.25) is 0 Å². The molecule has 0 aromatic heterocycles. The highest BCUT2D eigenvalue weighted by Gasteiger charge is 2.37. The van der Waals surface area contributed by atoms with Crippen molar-refractivity contribution in [3.05, 3.63) is 35.1 Å². The molecule has 0 spiro atoms. The molecule has 0 saturated carbocycles. The zero-order chi connectivity index (χ0) is 14.8. The Kier molecular flexibility index (Phi) is 6.37. The van der Waals surface area contributed by atoms with Crippen molar-refractivity contribution < 1.29 is 22.0 Å². The van der Waals surface area contributed by atoms with E-state index in [4.69, 9.17) is 0 Å². The number of alkyl halides is 4. The lowest BCUT2D eigenvalue weighted by molar-refractivity contribution is -0.139. The molecular weight excluding hydrogens is 315 g/mol. The average Bonchev–Trinajstić information content (AvgIpc) is 2.41. The maximum atomic E-state index is 13.3. The maximum Gasteiger partial charge on any atom is 0.416 e. The normalized spacial score (nSPS) is 18.1. The quantitative estimate of drug-likeness (QED) is 0.856. The van der Waals surface area contributed by atoms with Crippen molar-refractivity contribution in [3.8, 4) is 0 Å². The van der Waals surface area contributed by atoms with Gasteiger partial charge in [-0.15, -0.1) is 12.4 Å². The van der Waals surface area contributed by atoms with Crippen LogP contribution in [0, 0.1) is 5.82 Å². The summed E-state index contributed by atoms with van der Waals surface area (Å²) in [5.41, 5.74) is -1.30. The van der Waals surface area contributed by atoms with Gasteiger partial charge in [-0.25, -0.2) is 8.78 Å². The molecule has 0 amide bonds. The van der Waals surface area contributed by atoms with Crippen molar-refractivity contribution in [2.75, 3.05) is 32.9 Å². The molecule has 0 bridgehead atoms. The van der Waals surface area contributed by atoms with Gasteiger partial charge in [0.1, 0.15) is 12.5 Å². The van der Waals surface area contributed by atoms with Crippen LogP contribution in [0.25, 0.3) is 0 Å². The van der Waals surface area contributed by atoms with E-state index in [-0.39, 0.29) is 18.0 Å². The van der Waals surface area contributed by atoms with Crippen LogP contribution in [0.3, 0.4) is 0 Å². The van der Waals surface area contributed by atoms with Gasteiger partial charge in [-0.05, 0) is 17.7 Å². The number of hydrogen-bond acceptors (Lipinski definition) is 2. The lowest BCUT2D eigenvalue weighted by Gasteiger charge is -2.34. The van der Waals surface area contributed by atoms with Crippen LogP contribution in [-0.2, 0) is 6.18 Å². The lowest BCUT2D eigenvalue weighted by Crippen LogP contribution is -2.46. The summed E-state index contributed by atoms with van der Waals surface area (Å²) in [4.78, 5) is 1.65. The first-order valence-electron chi connectivity index (χ1n) is 6.31. The summed E-state index contributed by atoms with van der Waals surface area (Å²) in [7, 11) is 0. The Hall–Kier alpha value is -0.920. The molecule has 1 aliphatic heterocycles. The van der Waals surface area contributed by atoms with Crippen LogP contribution >= 0.6 is 12.4 Å². The molecule has 0 radical (unpaired) electrons. The van der Waals surface area contributed by atoms with E-state index in [0.717, 1.165) is 12.1 Å². The molecule has 1 atom stereocenters. The molecule has 0 aliphatic carbocycles. The molecule has 120 valence electrons. The van der Waals surface area contributed by atoms with Gasteiger partial charge in [0.05, 0.1) is 11.6 Å². The fraction of sp³-hybridized carbons (Fsp3) is 0.538. The number of hydrogen-bond donors (Lipinski definition) is 1. The van der Waals surface area contributed by atoms with Gasteiger partial charge in [-0.1, -0.05) is 6.07 Å². The largest absolute Gasteiger partial charge is 0.416 e. The Bertz CT molecular complexity index is 460. The second kappa shape index (κ2) is 7.38. The summed E-state index contributed by atoms with van der Waals surface area (Å²) >= 11 is 0. The summed E-state index contributed by atoms with van der Waals surface area (Å²) in [6, 6.07) is 1.41. The van der Waals surface area contributed by atoms with Crippen LogP contribution in [0.2, 0.25) is 0 Å². The number of benzene rings is 1. The predicted molar refractivity (Wildman–Crippen MR) is 71.8 cm³/mol. The zero-order valence-electron chi connectivity index (χ0n) is 11.1. The molecule has 1 saturated heterocycles. The van der Waals surface area contributed by atoms with E-state index in [0.29, 0.717) is 32.2 Å². The first kappa shape index (κ1) is 18.1. The minimum atomic E-state index is -4.70. The van der Waals surface area contributed by atoms with Crippen LogP contribution in [0.15, 0.2) is 18.2 Å². The van der Waals surface area contributed by atoms with Crippen LogP contribution in [0.5, 0.6) is 0 Å². The van der Waals surface area contributed by atoms with Crippen LogP contribution < -0.4 is 5.32 Å². The molecular formula is C13H16ClF5N2. The molecule has 8 heteroatoms. The van der Waals surface area contributed by atoms with Gasteiger partial charge in [0, 0.05) is 26.2 Å². The first-order chi connectivity index (χ1) is 9.43. The number of nitrogens with one attached hydrogen (secondary N) is 1. The van der Waals surface area contributed by atoms with E-state index in [1.54, 1.807) is 4.90 Å². The number of rotatable bonds is 3. The van der Waals surface area contributed by atoms with Crippen LogP contribution in [0.4, 0.5) is 22.0 Å². The third-order valence-corrected chi connectivity index (χ3v) is 3.42. The molecule has 21 heavy (non-hydrogen) atoms. The van der Waals surface area contributed by atoms with E-state index >= 15 is 0 Å². The maximum absolute atomic E-state index is 13.3. The van der Waals surface area contributed by atoms with E-state index < -0.39 is 30.3 Å². The fourth-order valence-electron chi connectivity index (χ4n) is 2.44. The van der Waals surface area contributed by atoms with Gasteiger partial charge in [0.25, 0.3) is 0 Å².